The lowest BCUT2D eigenvalue weighted by molar-refractivity contribution is -0.133. The Kier molecular flexibility index (Phi) is 9.30. The molecule has 0 aromatic heterocycles. The molecule has 0 radical (unpaired) electrons. The lowest BCUT2D eigenvalue weighted by Gasteiger charge is -2.17. The molecule has 3 heteroatoms. The van der Waals surface area contributed by atoms with Crippen LogP contribution in [0.5, 0.6) is 0 Å². The van der Waals surface area contributed by atoms with Crippen molar-refractivity contribution >= 4 is 5.91 Å². The van der Waals surface area contributed by atoms with Gasteiger partial charge >= 0.3 is 0 Å². The van der Waals surface area contributed by atoms with Crippen LogP contribution < -0.4 is 5.32 Å². The second-order valence-electron chi connectivity index (χ2n) is 3.99. The van der Waals surface area contributed by atoms with Crippen LogP contribution in [0.25, 0.3) is 0 Å². The highest BCUT2D eigenvalue weighted by Crippen LogP contribution is 2.25. The smallest absolute Gasteiger partial charge is 0.248 e. The highest BCUT2D eigenvalue weighted by molar-refractivity contribution is 5.80. The Morgan fingerprint density at radius 2 is 1.94 bits per heavy atom. The molecule has 1 fully saturated rings. The number of likely N-dealkylation sites (N-methyl/N-ethyl adjacent to an activating group) is 1. The second kappa shape index (κ2) is 9.64. The Hall–Kier alpha value is -0.570. The summed E-state index contributed by atoms with van der Waals surface area (Å²) in [6.45, 7) is 6.74. The second-order valence-corrected chi connectivity index (χ2v) is 3.99. The van der Waals surface area contributed by atoms with E-state index in [1.165, 1.54) is 25.7 Å². The Morgan fingerprint density at radius 1 is 1.38 bits per heavy atom. The summed E-state index contributed by atoms with van der Waals surface area (Å²) in [5.41, 5.74) is 0. The van der Waals surface area contributed by atoms with Gasteiger partial charge in [-0.15, -0.1) is 0 Å². The molecule has 16 heavy (non-hydrogen) atoms. The molecular weight excluding hydrogens is 202 g/mol. The molecule has 1 aliphatic carbocycles. The molecule has 1 unspecified atom stereocenters. The largest absolute Gasteiger partial charge is 0.368 e. The molecule has 1 atom stereocenters. The van der Waals surface area contributed by atoms with Crippen LogP contribution >= 0.6 is 0 Å². The third kappa shape index (κ3) is 5.50. The first-order chi connectivity index (χ1) is 7.77. The van der Waals surface area contributed by atoms with Crippen molar-refractivity contribution in [3.05, 3.63) is 0 Å². The molecule has 0 heterocycles. The number of carbonyl (C=O) groups is 1. The van der Waals surface area contributed by atoms with E-state index in [0.29, 0.717) is 5.92 Å². The summed E-state index contributed by atoms with van der Waals surface area (Å²) in [4.78, 5) is 11.3. The Bertz CT molecular complexity index is 177. The Labute approximate surface area is 99.9 Å². The lowest BCUT2D eigenvalue weighted by Crippen LogP contribution is -2.34. The SMILES string of the molecule is CC.CCC(OCC1CCCC1)C(=O)NC. The van der Waals surface area contributed by atoms with E-state index in [0.717, 1.165) is 13.0 Å². The van der Waals surface area contributed by atoms with Gasteiger partial charge in [-0.25, -0.2) is 0 Å². The predicted molar refractivity (Wildman–Crippen MR) is 67.4 cm³/mol. The summed E-state index contributed by atoms with van der Waals surface area (Å²) < 4.78 is 5.62. The van der Waals surface area contributed by atoms with Crippen molar-refractivity contribution in [2.75, 3.05) is 13.7 Å². The highest BCUT2D eigenvalue weighted by atomic mass is 16.5. The molecule has 1 N–H and O–H groups in total. The number of nitrogens with one attached hydrogen (secondary N) is 1. The molecule has 0 bridgehead atoms. The average Bonchev–Trinajstić information content (AvgIpc) is 2.85. The van der Waals surface area contributed by atoms with E-state index >= 15 is 0 Å². The summed E-state index contributed by atoms with van der Waals surface area (Å²) in [5.74, 6) is 0.694. The predicted octanol–water partition coefficient (Wildman–Crippen LogP) is 2.74. The number of amides is 1. The first-order valence-electron chi connectivity index (χ1n) is 6.61. The van der Waals surface area contributed by atoms with Crippen LogP contribution in [0.2, 0.25) is 0 Å². The molecule has 0 aromatic rings. The van der Waals surface area contributed by atoms with Crippen molar-refractivity contribution in [2.24, 2.45) is 5.92 Å². The van der Waals surface area contributed by atoms with Crippen LogP contribution in [-0.2, 0) is 9.53 Å². The van der Waals surface area contributed by atoms with E-state index in [-0.39, 0.29) is 12.0 Å². The molecule has 0 saturated heterocycles. The molecule has 3 nitrogen and oxygen atoms in total. The Balaban J connectivity index is 0.00000106. The normalized spacial score (nSPS) is 17.5. The third-order valence-corrected chi connectivity index (χ3v) is 2.92. The Morgan fingerprint density at radius 3 is 2.38 bits per heavy atom. The maximum Gasteiger partial charge on any atom is 0.248 e. The molecule has 0 aliphatic heterocycles. The molecule has 1 rings (SSSR count). The fourth-order valence-corrected chi connectivity index (χ4v) is 1.97. The maximum absolute atomic E-state index is 11.3. The van der Waals surface area contributed by atoms with Crippen LogP contribution in [0.15, 0.2) is 0 Å². The third-order valence-electron chi connectivity index (χ3n) is 2.92. The van der Waals surface area contributed by atoms with Crippen molar-refractivity contribution in [1.82, 2.24) is 5.32 Å². The van der Waals surface area contributed by atoms with Gasteiger partial charge in [-0.2, -0.15) is 0 Å². The average molecular weight is 229 g/mol. The minimum atomic E-state index is -0.249. The van der Waals surface area contributed by atoms with Gasteiger partial charge in [-0.05, 0) is 25.2 Å². The molecule has 0 spiro atoms. The summed E-state index contributed by atoms with van der Waals surface area (Å²) in [7, 11) is 1.66. The zero-order valence-corrected chi connectivity index (χ0v) is 11.2. The number of hydrogen-bond donors (Lipinski definition) is 1. The standard InChI is InChI=1S/C11H21NO2.C2H6/c1-3-10(11(13)12-2)14-8-9-6-4-5-7-9;1-2/h9-10H,3-8H2,1-2H3,(H,12,13);1-2H3. The topological polar surface area (TPSA) is 38.3 Å². The minimum Gasteiger partial charge on any atom is -0.368 e. The van der Waals surface area contributed by atoms with E-state index in [2.05, 4.69) is 5.32 Å². The van der Waals surface area contributed by atoms with E-state index in [4.69, 9.17) is 4.74 Å². The molecule has 1 amide bonds. The van der Waals surface area contributed by atoms with Crippen LogP contribution in [0.4, 0.5) is 0 Å². The number of hydrogen-bond acceptors (Lipinski definition) is 2. The summed E-state index contributed by atoms with van der Waals surface area (Å²) >= 11 is 0. The first-order valence-corrected chi connectivity index (χ1v) is 6.61. The maximum atomic E-state index is 11.3. The van der Waals surface area contributed by atoms with Gasteiger partial charge in [-0.1, -0.05) is 33.6 Å². The number of carbonyl (C=O) groups excluding carboxylic acids is 1. The van der Waals surface area contributed by atoms with Gasteiger partial charge in [0.15, 0.2) is 0 Å². The fraction of sp³-hybridized carbons (Fsp3) is 0.923. The molecule has 1 aliphatic rings. The quantitative estimate of drug-likeness (QED) is 0.787. The summed E-state index contributed by atoms with van der Waals surface area (Å²) in [6, 6.07) is 0. The van der Waals surface area contributed by atoms with E-state index < -0.39 is 0 Å². The van der Waals surface area contributed by atoms with E-state index in [1.807, 2.05) is 20.8 Å². The lowest BCUT2D eigenvalue weighted by atomic mass is 10.1. The van der Waals surface area contributed by atoms with E-state index in [9.17, 15) is 4.79 Å². The van der Waals surface area contributed by atoms with Crippen LogP contribution in [-0.4, -0.2) is 25.7 Å². The zero-order valence-electron chi connectivity index (χ0n) is 11.2. The summed E-state index contributed by atoms with van der Waals surface area (Å²) in [5, 5.41) is 2.63. The van der Waals surface area contributed by atoms with Crippen molar-refractivity contribution in [2.45, 2.75) is 59.0 Å². The molecule has 96 valence electrons. The molecule has 0 aromatic carbocycles. The van der Waals surface area contributed by atoms with Crippen molar-refractivity contribution in [3.8, 4) is 0 Å². The van der Waals surface area contributed by atoms with Crippen molar-refractivity contribution in [3.63, 3.8) is 0 Å². The van der Waals surface area contributed by atoms with Gasteiger partial charge in [0.2, 0.25) is 5.91 Å². The van der Waals surface area contributed by atoms with Crippen molar-refractivity contribution in [1.29, 1.82) is 0 Å². The van der Waals surface area contributed by atoms with Gasteiger partial charge in [0, 0.05) is 7.05 Å². The summed E-state index contributed by atoms with van der Waals surface area (Å²) in [6.07, 6.45) is 5.69. The van der Waals surface area contributed by atoms with Crippen LogP contribution in [0, 0.1) is 5.92 Å². The zero-order chi connectivity index (χ0) is 12.4. The molecular formula is C13H27NO2. The van der Waals surface area contributed by atoms with Gasteiger partial charge < -0.3 is 10.1 Å². The van der Waals surface area contributed by atoms with Gasteiger partial charge in [0.05, 0.1) is 6.61 Å². The minimum absolute atomic E-state index is 0.00509. The monoisotopic (exact) mass is 229 g/mol. The molecule has 1 saturated carbocycles. The van der Waals surface area contributed by atoms with Crippen molar-refractivity contribution < 1.29 is 9.53 Å². The van der Waals surface area contributed by atoms with Crippen LogP contribution in [0.1, 0.15) is 52.9 Å². The first kappa shape index (κ1) is 15.4. The number of rotatable bonds is 5. The van der Waals surface area contributed by atoms with Crippen LogP contribution in [0.3, 0.4) is 0 Å². The van der Waals surface area contributed by atoms with Gasteiger partial charge in [-0.3, -0.25) is 4.79 Å². The van der Waals surface area contributed by atoms with Gasteiger partial charge in [0.25, 0.3) is 0 Å². The highest BCUT2D eigenvalue weighted by Gasteiger charge is 2.20. The van der Waals surface area contributed by atoms with Gasteiger partial charge in [0.1, 0.15) is 6.10 Å². The van der Waals surface area contributed by atoms with E-state index in [1.54, 1.807) is 7.05 Å². The fourth-order valence-electron chi connectivity index (χ4n) is 1.97. The number of ether oxygens (including phenoxy) is 1.